The maximum Gasteiger partial charge on any atom is 0.254 e. The fraction of sp³-hybridized carbons (Fsp3) is 0.632. The molecular formula is C19H27FN2O. The van der Waals surface area contributed by atoms with E-state index in [0.29, 0.717) is 17.6 Å². The number of rotatable bonds is 3. The largest absolute Gasteiger partial charge is 0.335 e. The third-order valence-electron chi connectivity index (χ3n) is 5.83. The second kappa shape index (κ2) is 6.60. The van der Waals surface area contributed by atoms with Crippen LogP contribution < -0.4 is 0 Å². The van der Waals surface area contributed by atoms with Gasteiger partial charge in [-0.3, -0.25) is 9.69 Å². The van der Waals surface area contributed by atoms with Crippen molar-refractivity contribution >= 4 is 5.91 Å². The van der Waals surface area contributed by atoms with Gasteiger partial charge in [0.25, 0.3) is 5.91 Å². The van der Waals surface area contributed by atoms with Crippen LogP contribution >= 0.6 is 0 Å². The molecule has 1 aliphatic carbocycles. The Balaban J connectivity index is 1.76. The van der Waals surface area contributed by atoms with E-state index in [1.165, 1.54) is 44.2 Å². The number of amides is 1. The summed E-state index contributed by atoms with van der Waals surface area (Å²) in [4.78, 5) is 17.3. The van der Waals surface area contributed by atoms with Crippen molar-refractivity contribution in [2.45, 2.75) is 57.0 Å². The summed E-state index contributed by atoms with van der Waals surface area (Å²) in [6.07, 6.45) is 7.52. The first-order chi connectivity index (χ1) is 11.1. The van der Waals surface area contributed by atoms with Crippen molar-refractivity contribution in [3.63, 3.8) is 0 Å². The molecule has 0 bridgehead atoms. The van der Waals surface area contributed by atoms with Gasteiger partial charge in [-0.05, 0) is 57.5 Å². The zero-order valence-electron chi connectivity index (χ0n) is 14.2. The Kier molecular flexibility index (Phi) is 4.72. The minimum atomic E-state index is -0.300. The summed E-state index contributed by atoms with van der Waals surface area (Å²) in [6, 6.07) is 6.18. The number of likely N-dealkylation sites (tertiary alicyclic amines) is 1. The Morgan fingerprint density at radius 3 is 2.52 bits per heavy atom. The number of nitrogens with zero attached hydrogens (tertiary/aromatic N) is 2. The fourth-order valence-corrected chi connectivity index (χ4v) is 4.50. The highest BCUT2D eigenvalue weighted by molar-refractivity contribution is 5.94. The van der Waals surface area contributed by atoms with E-state index in [1.807, 2.05) is 11.8 Å². The molecule has 1 aromatic carbocycles. The van der Waals surface area contributed by atoms with Crippen molar-refractivity contribution in [1.29, 1.82) is 0 Å². The van der Waals surface area contributed by atoms with Crippen LogP contribution in [0.25, 0.3) is 0 Å². The number of hydrogen-bond donors (Lipinski definition) is 0. The normalized spacial score (nSPS) is 24.0. The van der Waals surface area contributed by atoms with Crippen molar-refractivity contribution in [1.82, 2.24) is 9.80 Å². The molecule has 1 saturated heterocycles. The first kappa shape index (κ1) is 16.4. The second-order valence-corrected chi connectivity index (χ2v) is 7.12. The lowest BCUT2D eigenvalue weighted by atomic mass is 9.79. The van der Waals surface area contributed by atoms with Crippen LogP contribution in [0.4, 0.5) is 4.39 Å². The lowest BCUT2D eigenvalue weighted by Crippen LogP contribution is -2.42. The highest BCUT2D eigenvalue weighted by atomic mass is 19.1. The average molecular weight is 318 g/mol. The Labute approximate surface area is 138 Å². The number of likely N-dealkylation sites (N-methyl/N-ethyl adjacent to an activating group) is 2. The van der Waals surface area contributed by atoms with Gasteiger partial charge in [0.05, 0.1) is 0 Å². The third-order valence-corrected chi connectivity index (χ3v) is 5.83. The highest BCUT2D eigenvalue weighted by Gasteiger charge is 2.46. The van der Waals surface area contributed by atoms with Gasteiger partial charge in [-0.2, -0.15) is 0 Å². The fourth-order valence-electron chi connectivity index (χ4n) is 4.50. The summed E-state index contributed by atoms with van der Waals surface area (Å²) in [7, 11) is 2.21. The van der Waals surface area contributed by atoms with Gasteiger partial charge in [-0.25, -0.2) is 4.39 Å². The van der Waals surface area contributed by atoms with E-state index in [1.54, 1.807) is 12.1 Å². The molecule has 1 aliphatic heterocycles. The van der Waals surface area contributed by atoms with Crippen LogP contribution in [0.2, 0.25) is 0 Å². The zero-order chi connectivity index (χ0) is 16.4. The number of hydrogen-bond acceptors (Lipinski definition) is 2. The molecule has 1 amide bonds. The van der Waals surface area contributed by atoms with Crippen LogP contribution in [0.15, 0.2) is 24.3 Å². The van der Waals surface area contributed by atoms with E-state index in [2.05, 4.69) is 11.9 Å². The van der Waals surface area contributed by atoms with E-state index in [-0.39, 0.29) is 17.8 Å². The monoisotopic (exact) mass is 318 g/mol. The van der Waals surface area contributed by atoms with Gasteiger partial charge in [0.1, 0.15) is 5.82 Å². The summed E-state index contributed by atoms with van der Waals surface area (Å²) in [5.41, 5.74) is 0.875. The molecule has 0 aromatic heterocycles. The van der Waals surface area contributed by atoms with Gasteiger partial charge in [-0.1, -0.05) is 19.3 Å². The molecule has 3 rings (SSSR count). The average Bonchev–Trinajstić information content (AvgIpc) is 2.85. The van der Waals surface area contributed by atoms with Crippen LogP contribution in [0.5, 0.6) is 0 Å². The quantitative estimate of drug-likeness (QED) is 0.848. The number of halogens is 1. The molecule has 2 aliphatic rings. The van der Waals surface area contributed by atoms with Crippen molar-refractivity contribution in [3.8, 4) is 0 Å². The van der Waals surface area contributed by atoms with Gasteiger partial charge in [0, 0.05) is 30.2 Å². The molecule has 1 heterocycles. The summed E-state index contributed by atoms with van der Waals surface area (Å²) >= 11 is 0. The van der Waals surface area contributed by atoms with E-state index in [0.717, 1.165) is 13.0 Å². The minimum absolute atomic E-state index is 0.0266. The first-order valence-corrected chi connectivity index (χ1v) is 8.83. The molecule has 1 aromatic rings. The smallest absolute Gasteiger partial charge is 0.254 e. The summed E-state index contributed by atoms with van der Waals surface area (Å²) < 4.78 is 13.1. The summed E-state index contributed by atoms with van der Waals surface area (Å²) in [6.45, 7) is 3.68. The van der Waals surface area contributed by atoms with Gasteiger partial charge in [0.15, 0.2) is 0 Å². The van der Waals surface area contributed by atoms with Gasteiger partial charge in [0.2, 0.25) is 0 Å². The summed E-state index contributed by atoms with van der Waals surface area (Å²) in [5.74, 6) is -0.273. The second-order valence-electron chi connectivity index (χ2n) is 7.12. The molecule has 3 nitrogen and oxygen atoms in total. The van der Waals surface area contributed by atoms with Crippen LogP contribution in [0.3, 0.4) is 0 Å². The topological polar surface area (TPSA) is 23.6 Å². The third kappa shape index (κ3) is 3.14. The molecule has 126 valence electrons. The molecular weight excluding hydrogens is 291 g/mol. The molecule has 0 N–H and O–H groups in total. The SMILES string of the molecule is CCN(C(=O)c1ccc(F)cc1)C1CN(C)C2(CCCCC2)C1. The predicted molar refractivity (Wildman–Crippen MR) is 90.0 cm³/mol. The molecule has 1 spiro atoms. The zero-order valence-corrected chi connectivity index (χ0v) is 14.2. The Hall–Kier alpha value is -1.42. The lowest BCUT2D eigenvalue weighted by molar-refractivity contribution is 0.0694. The number of benzene rings is 1. The molecule has 0 radical (unpaired) electrons. The Morgan fingerprint density at radius 1 is 1.26 bits per heavy atom. The minimum Gasteiger partial charge on any atom is -0.335 e. The van der Waals surface area contributed by atoms with Crippen molar-refractivity contribution in [2.75, 3.05) is 20.1 Å². The maximum atomic E-state index is 13.1. The van der Waals surface area contributed by atoms with E-state index < -0.39 is 0 Å². The maximum absolute atomic E-state index is 13.1. The molecule has 1 atom stereocenters. The lowest BCUT2D eigenvalue weighted by Gasteiger charge is -2.39. The van der Waals surface area contributed by atoms with E-state index >= 15 is 0 Å². The van der Waals surface area contributed by atoms with Gasteiger partial charge < -0.3 is 4.90 Å². The Bertz CT molecular complexity index is 551. The molecule has 4 heteroatoms. The van der Waals surface area contributed by atoms with E-state index in [4.69, 9.17) is 0 Å². The Morgan fingerprint density at radius 2 is 1.91 bits per heavy atom. The first-order valence-electron chi connectivity index (χ1n) is 8.83. The predicted octanol–water partition coefficient (Wildman–Crippen LogP) is 3.69. The van der Waals surface area contributed by atoms with E-state index in [9.17, 15) is 9.18 Å². The van der Waals surface area contributed by atoms with Crippen molar-refractivity contribution in [3.05, 3.63) is 35.6 Å². The number of carbonyl (C=O) groups excluding carboxylic acids is 1. The van der Waals surface area contributed by atoms with Crippen LogP contribution in [-0.4, -0.2) is 47.4 Å². The number of carbonyl (C=O) groups is 1. The molecule has 23 heavy (non-hydrogen) atoms. The molecule has 1 unspecified atom stereocenters. The van der Waals surface area contributed by atoms with Crippen molar-refractivity contribution in [2.24, 2.45) is 0 Å². The van der Waals surface area contributed by atoms with Gasteiger partial charge >= 0.3 is 0 Å². The van der Waals surface area contributed by atoms with Crippen molar-refractivity contribution < 1.29 is 9.18 Å². The van der Waals surface area contributed by atoms with Crippen LogP contribution in [0.1, 0.15) is 55.8 Å². The van der Waals surface area contributed by atoms with Crippen LogP contribution in [-0.2, 0) is 0 Å². The summed E-state index contributed by atoms with van der Waals surface area (Å²) in [5, 5.41) is 0. The molecule has 2 fully saturated rings. The standard InChI is InChI=1S/C19H27FN2O/c1-3-22(18(23)15-7-9-16(20)10-8-15)17-13-19(21(2)14-17)11-5-4-6-12-19/h7-10,17H,3-6,11-14H2,1-2H3. The highest BCUT2D eigenvalue weighted by Crippen LogP contribution is 2.42. The van der Waals surface area contributed by atoms with Gasteiger partial charge in [-0.15, -0.1) is 0 Å². The molecule has 1 saturated carbocycles. The van der Waals surface area contributed by atoms with Crippen LogP contribution in [0, 0.1) is 5.82 Å².